The number of Topliss-reactive ketones (excluding diaryl/α,β-unsaturated/α-hetero) is 2. The third-order valence-corrected chi connectivity index (χ3v) is 2.64. The van der Waals surface area contributed by atoms with Crippen LogP contribution in [0.25, 0.3) is 0 Å². The number of halogens is 1. The van der Waals surface area contributed by atoms with E-state index in [1.807, 2.05) is 0 Å². The molecule has 0 N–H and O–H groups in total. The summed E-state index contributed by atoms with van der Waals surface area (Å²) in [6, 6.07) is 6.13. The maximum absolute atomic E-state index is 11.9. The van der Waals surface area contributed by atoms with Gasteiger partial charge in [-0.25, -0.2) is 4.79 Å². The van der Waals surface area contributed by atoms with Gasteiger partial charge in [0.15, 0.2) is 5.78 Å². The molecule has 0 radical (unpaired) electrons. The Kier molecular flexibility index (Phi) is 7.70. The van der Waals surface area contributed by atoms with Crippen molar-refractivity contribution in [1.82, 2.24) is 0 Å². The Morgan fingerprint density at radius 1 is 1.26 bits per heavy atom. The molecule has 1 aromatic rings. The van der Waals surface area contributed by atoms with Gasteiger partial charge in [-0.05, 0) is 38.1 Å². The van der Waals surface area contributed by atoms with Gasteiger partial charge in [0.25, 0.3) is 5.78 Å². The fraction of sp³-hybridized carbons (Fsp3) is 0.308. The smallest absolute Gasteiger partial charge is 1.00 e. The molecule has 0 aliphatic carbocycles. The maximum atomic E-state index is 11.9. The molecule has 0 amide bonds. The molecule has 0 saturated heterocycles. The molecule has 19 heavy (non-hydrogen) atoms. The molecule has 0 fully saturated rings. The molecule has 0 saturated carbocycles. The van der Waals surface area contributed by atoms with Crippen LogP contribution in [0.2, 0.25) is 5.02 Å². The predicted octanol–water partition coefficient (Wildman–Crippen LogP) is -0.593. The Labute approximate surface area is 130 Å². The Bertz CT molecular complexity index is 476. The van der Waals surface area contributed by atoms with Gasteiger partial charge in [0.2, 0.25) is 0 Å². The molecule has 0 aromatic heterocycles. The first kappa shape index (κ1) is 17.9. The molecule has 0 aliphatic rings. The maximum Gasteiger partial charge on any atom is 1.00 e. The fourth-order valence-electron chi connectivity index (χ4n) is 1.36. The summed E-state index contributed by atoms with van der Waals surface area (Å²) in [6.45, 7) is 3.08. The van der Waals surface area contributed by atoms with Gasteiger partial charge in [-0.15, -0.1) is 0 Å². The fourth-order valence-corrected chi connectivity index (χ4v) is 1.49. The monoisotopic (exact) mass is 276 g/mol. The van der Waals surface area contributed by atoms with Crippen LogP contribution >= 0.6 is 11.6 Å². The molecule has 98 valence electrons. The standard InChI is InChI=1S/C13H13ClO4.Li.H/c1-3-18-13(17)12(16)8(2)11(15)9-4-6-10(14)7-5-9;;/h4-8H,3H2,1-2H3;;/q;+1;-1. The van der Waals surface area contributed by atoms with E-state index in [1.54, 1.807) is 19.1 Å². The van der Waals surface area contributed by atoms with E-state index in [0.29, 0.717) is 10.6 Å². The van der Waals surface area contributed by atoms with Crippen LogP contribution in [-0.2, 0) is 14.3 Å². The zero-order valence-corrected chi connectivity index (χ0v) is 11.9. The van der Waals surface area contributed by atoms with E-state index in [2.05, 4.69) is 4.74 Å². The largest absolute Gasteiger partial charge is 1.00 e. The van der Waals surface area contributed by atoms with E-state index in [1.165, 1.54) is 19.1 Å². The van der Waals surface area contributed by atoms with Crippen molar-refractivity contribution in [3.63, 3.8) is 0 Å². The van der Waals surface area contributed by atoms with Gasteiger partial charge in [0.1, 0.15) is 0 Å². The van der Waals surface area contributed by atoms with E-state index < -0.39 is 23.5 Å². The molecule has 0 heterocycles. The summed E-state index contributed by atoms with van der Waals surface area (Å²) in [4.78, 5) is 34.8. The summed E-state index contributed by atoms with van der Waals surface area (Å²) >= 11 is 5.70. The third kappa shape index (κ3) is 4.83. The summed E-state index contributed by atoms with van der Waals surface area (Å²) < 4.78 is 4.57. The number of ether oxygens (including phenoxy) is 1. The molecule has 1 atom stereocenters. The van der Waals surface area contributed by atoms with Gasteiger partial charge >= 0.3 is 24.8 Å². The Balaban J connectivity index is 0. The molecule has 1 aromatic carbocycles. The third-order valence-electron chi connectivity index (χ3n) is 2.39. The minimum Gasteiger partial charge on any atom is -1.00 e. The molecular weight excluding hydrogens is 263 g/mol. The van der Waals surface area contributed by atoms with Crippen molar-refractivity contribution in [1.29, 1.82) is 0 Å². The molecule has 1 unspecified atom stereocenters. The Morgan fingerprint density at radius 2 is 1.79 bits per heavy atom. The number of hydrogen-bond donors (Lipinski definition) is 0. The Morgan fingerprint density at radius 3 is 2.26 bits per heavy atom. The number of hydrogen-bond acceptors (Lipinski definition) is 4. The second-order valence-corrected chi connectivity index (χ2v) is 4.11. The van der Waals surface area contributed by atoms with Crippen LogP contribution in [0.5, 0.6) is 0 Å². The van der Waals surface area contributed by atoms with Crippen molar-refractivity contribution in [2.45, 2.75) is 13.8 Å². The first-order valence-electron chi connectivity index (χ1n) is 5.48. The SMILES string of the molecule is CCOC(=O)C(=O)C(C)C(=O)c1ccc(Cl)cc1.[H-].[Li+]. The Hall–Kier alpha value is -1.08. The first-order chi connectivity index (χ1) is 8.47. The molecule has 1 rings (SSSR count). The molecule has 4 nitrogen and oxygen atoms in total. The second kappa shape index (κ2) is 8.16. The van der Waals surface area contributed by atoms with Crippen molar-refractivity contribution < 1.29 is 39.4 Å². The summed E-state index contributed by atoms with van der Waals surface area (Å²) in [6.07, 6.45) is 0. The summed E-state index contributed by atoms with van der Waals surface area (Å²) in [5.41, 5.74) is 0.338. The predicted molar refractivity (Wildman–Crippen MR) is 67.7 cm³/mol. The van der Waals surface area contributed by atoms with E-state index in [-0.39, 0.29) is 26.9 Å². The second-order valence-electron chi connectivity index (χ2n) is 3.68. The number of carbonyl (C=O) groups is 3. The van der Waals surface area contributed by atoms with Crippen molar-refractivity contribution in [2.24, 2.45) is 5.92 Å². The van der Waals surface area contributed by atoms with Crippen LogP contribution in [0.1, 0.15) is 25.6 Å². The van der Waals surface area contributed by atoms with Crippen molar-refractivity contribution in [3.8, 4) is 0 Å². The molecule has 0 aliphatic heterocycles. The minimum absolute atomic E-state index is 0. The zero-order valence-electron chi connectivity index (χ0n) is 12.1. The number of rotatable bonds is 5. The van der Waals surface area contributed by atoms with Crippen LogP contribution in [0.3, 0.4) is 0 Å². The number of ketones is 2. The number of esters is 1. The minimum atomic E-state index is -1.05. The molecule has 6 heteroatoms. The summed E-state index contributed by atoms with van der Waals surface area (Å²) in [5, 5.41) is 0.496. The van der Waals surface area contributed by atoms with E-state index in [9.17, 15) is 14.4 Å². The first-order valence-corrected chi connectivity index (χ1v) is 5.86. The summed E-state index contributed by atoms with van der Waals surface area (Å²) in [7, 11) is 0. The molecule has 0 spiro atoms. The van der Waals surface area contributed by atoms with Crippen molar-refractivity contribution in [2.75, 3.05) is 6.61 Å². The van der Waals surface area contributed by atoms with Crippen molar-refractivity contribution >= 4 is 29.1 Å². The topological polar surface area (TPSA) is 60.4 Å². The van der Waals surface area contributed by atoms with Gasteiger partial charge < -0.3 is 6.16 Å². The normalized spacial score (nSPS) is 11.1. The van der Waals surface area contributed by atoms with Crippen LogP contribution in [0.15, 0.2) is 24.3 Å². The van der Waals surface area contributed by atoms with Gasteiger partial charge in [-0.1, -0.05) is 11.6 Å². The molecular formula is C13H14ClLiO4. The van der Waals surface area contributed by atoms with E-state index >= 15 is 0 Å². The van der Waals surface area contributed by atoms with Crippen LogP contribution in [-0.4, -0.2) is 24.1 Å². The van der Waals surface area contributed by atoms with E-state index in [4.69, 9.17) is 11.6 Å². The number of carbonyl (C=O) groups excluding carboxylic acids is 3. The summed E-state index contributed by atoms with van der Waals surface area (Å²) in [5.74, 6) is -3.29. The average Bonchev–Trinajstić information content (AvgIpc) is 2.37. The average molecular weight is 277 g/mol. The van der Waals surface area contributed by atoms with Gasteiger partial charge in [0.05, 0.1) is 12.5 Å². The zero-order chi connectivity index (χ0) is 13.7. The van der Waals surface area contributed by atoms with Gasteiger partial charge in [0, 0.05) is 10.6 Å². The van der Waals surface area contributed by atoms with Crippen molar-refractivity contribution in [3.05, 3.63) is 34.9 Å². The quantitative estimate of drug-likeness (QED) is 0.237. The number of benzene rings is 1. The molecule has 0 bridgehead atoms. The van der Waals surface area contributed by atoms with E-state index in [0.717, 1.165) is 0 Å². The van der Waals surface area contributed by atoms with Crippen LogP contribution in [0, 0.1) is 5.92 Å². The van der Waals surface area contributed by atoms with Gasteiger partial charge in [-0.3, -0.25) is 9.59 Å². The van der Waals surface area contributed by atoms with Crippen LogP contribution < -0.4 is 18.9 Å². The van der Waals surface area contributed by atoms with Gasteiger partial charge in [-0.2, -0.15) is 0 Å². The van der Waals surface area contributed by atoms with Crippen LogP contribution in [0.4, 0.5) is 0 Å².